The molecule has 0 spiro atoms. The molecule has 2 aromatic carbocycles. The van der Waals surface area contributed by atoms with Crippen molar-refractivity contribution in [3.63, 3.8) is 0 Å². The second kappa shape index (κ2) is 8.99. The van der Waals surface area contributed by atoms with Gasteiger partial charge in [0.2, 0.25) is 0 Å². The van der Waals surface area contributed by atoms with E-state index in [1.807, 2.05) is 0 Å². The summed E-state index contributed by atoms with van der Waals surface area (Å²) in [6.07, 6.45) is 0.692. The lowest BCUT2D eigenvalue weighted by molar-refractivity contribution is -0.384. The van der Waals surface area contributed by atoms with E-state index in [4.69, 9.17) is 19.9 Å². The molecule has 8 nitrogen and oxygen atoms in total. The molecule has 0 saturated heterocycles. The number of nitro groups is 1. The Morgan fingerprint density at radius 1 is 1.00 bits per heavy atom. The van der Waals surface area contributed by atoms with Crippen LogP contribution in [0.15, 0.2) is 36.4 Å². The topological polar surface area (TPSA) is 114 Å². The number of anilines is 1. The number of hydrogen-bond donors (Lipinski definition) is 1. The molecule has 0 radical (unpaired) electrons. The molecule has 2 aromatic rings. The van der Waals surface area contributed by atoms with Gasteiger partial charge in [0, 0.05) is 30.0 Å². The van der Waals surface area contributed by atoms with Gasteiger partial charge < -0.3 is 19.9 Å². The molecule has 8 heteroatoms. The highest BCUT2D eigenvalue weighted by Gasteiger charge is 2.11. The van der Waals surface area contributed by atoms with Crippen molar-refractivity contribution < 1.29 is 23.9 Å². The maximum Gasteiger partial charge on any atom is 0.269 e. The molecule has 0 aliphatic heterocycles. The van der Waals surface area contributed by atoms with Gasteiger partial charge in [-0.1, -0.05) is 0 Å². The maximum absolute atomic E-state index is 10.8. The molecule has 0 aliphatic carbocycles. The molecule has 128 valence electrons. The van der Waals surface area contributed by atoms with Crippen LogP contribution >= 0.6 is 0 Å². The minimum Gasteiger partial charge on any atom is -0.496 e. The van der Waals surface area contributed by atoms with Crippen LogP contribution in [-0.4, -0.2) is 32.5 Å². The van der Waals surface area contributed by atoms with Crippen LogP contribution in [0.1, 0.15) is 10.4 Å². The summed E-state index contributed by atoms with van der Waals surface area (Å²) in [6, 6.07) is 9.00. The number of carbonyl (C=O) groups is 1. The third-order valence-electron chi connectivity index (χ3n) is 2.97. The number of carbonyl (C=O) groups excluding carboxylic acids is 1. The third-order valence-corrected chi connectivity index (χ3v) is 2.97. The van der Waals surface area contributed by atoms with E-state index in [9.17, 15) is 14.9 Å². The standard InChI is InChI=1S/C10H12O4.C6H6N2O2/c1-12-7-4-9(13-2)8(6-11)10(5-7)14-3;7-5-1-3-6(4-2-5)8(9)10/h4-6H,1-3H3;1-4H,7H2. The molecule has 0 saturated carbocycles. The van der Waals surface area contributed by atoms with Crippen molar-refractivity contribution in [1.82, 2.24) is 0 Å². The number of benzene rings is 2. The summed E-state index contributed by atoms with van der Waals surface area (Å²) >= 11 is 0. The lowest BCUT2D eigenvalue weighted by Crippen LogP contribution is -1.96. The second-order valence-electron chi connectivity index (χ2n) is 4.41. The van der Waals surface area contributed by atoms with Gasteiger partial charge in [-0.2, -0.15) is 0 Å². The third kappa shape index (κ3) is 4.87. The largest absolute Gasteiger partial charge is 0.496 e. The maximum atomic E-state index is 10.8. The average Bonchev–Trinajstić information content (AvgIpc) is 2.61. The van der Waals surface area contributed by atoms with Crippen LogP contribution < -0.4 is 19.9 Å². The molecule has 0 unspecified atom stereocenters. The average molecular weight is 334 g/mol. The summed E-state index contributed by atoms with van der Waals surface area (Å²) in [5.74, 6) is 1.47. The zero-order chi connectivity index (χ0) is 18.1. The van der Waals surface area contributed by atoms with E-state index < -0.39 is 4.92 Å². The molecule has 0 aliphatic rings. The monoisotopic (exact) mass is 334 g/mol. The fourth-order valence-corrected chi connectivity index (χ4v) is 1.74. The predicted molar refractivity (Wildman–Crippen MR) is 89.0 cm³/mol. The van der Waals surface area contributed by atoms with Crippen LogP contribution in [0.25, 0.3) is 0 Å². The Balaban J connectivity index is 0.000000254. The smallest absolute Gasteiger partial charge is 0.269 e. The van der Waals surface area contributed by atoms with E-state index in [1.54, 1.807) is 12.1 Å². The summed E-state index contributed by atoms with van der Waals surface area (Å²) in [6.45, 7) is 0. The first-order valence-corrected chi connectivity index (χ1v) is 6.71. The molecular weight excluding hydrogens is 316 g/mol. The van der Waals surface area contributed by atoms with Gasteiger partial charge in [-0.15, -0.1) is 0 Å². The van der Waals surface area contributed by atoms with Gasteiger partial charge in [0.25, 0.3) is 5.69 Å². The number of non-ortho nitro benzene ring substituents is 1. The van der Waals surface area contributed by atoms with Crippen molar-refractivity contribution in [2.24, 2.45) is 0 Å². The number of nitrogen functional groups attached to an aromatic ring is 1. The lowest BCUT2D eigenvalue weighted by Gasteiger charge is -2.10. The van der Waals surface area contributed by atoms with Crippen LogP contribution in [0, 0.1) is 10.1 Å². The summed E-state index contributed by atoms with van der Waals surface area (Å²) in [4.78, 5) is 20.4. The van der Waals surface area contributed by atoms with Crippen LogP contribution in [0.4, 0.5) is 11.4 Å². The number of aldehydes is 1. The van der Waals surface area contributed by atoms with Crippen molar-refractivity contribution in [3.05, 3.63) is 52.1 Å². The molecule has 0 bridgehead atoms. The van der Waals surface area contributed by atoms with Crippen LogP contribution in [0.5, 0.6) is 17.2 Å². The molecule has 0 atom stereocenters. The number of methoxy groups -OCH3 is 3. The first kappa shape index (κ1) is 18.8. The molecule has 24 heavy (non-hydrogen) atoms. The summed E-state index contributed by atoms with van der Waals surface area (Å²) in [5.41, 5.74) is 6.29. The van der Waals surface area contributed by atoms with E-state index in [2.05, 4.69) is 0 Å². The summed E-state index contributed by atoms with van der Waals surface area (Å²) in [5, 5.41) is 10.1. The SMILES string of the molecule is COc1cc(OC)c(C=O)c(OC)c1.Nc1ccc([N+](=O)[O-])cc1. The van der Waals surface area contributed by atoms with Crippen molar-refractivity contribution in [2.45, 2.75) is 0 Å². The Kier molecular flexibility index (Phi) is 7.02. The van der Waals surface area contributed by atoms with Gasteiger partial charge in [-0.05, 0) is 12.1 Å². The second-order valence-corrected chi connectivity index (χ2v) is 4.41. The van der Waals surface area contributed by atoms with E-state index in [0.717, 1.165) is 0 Å². The van der Waals surface area contributed by atoms with Gasteiger partial charge >= 0.3 is 0 Å². The number of nitrogens with zero attached hydrogens (tertiary/aromatic N) is 1. The van der Waals surface area contributed by atoms with Gasteiger partial charge in [0.1, 0.15) is 17.2 Å². The van der Waals surface area contributed by atoms with Crippen molar-refractivity contribution >= 4 is 17.7 Å². The molecular formula is C16H18N2O6. The van der Waals surface area contributed by atoms with Crippen LogP contribution in [0.3, 0.4) is 0 Å². The van der Waals surface area contributed by atoms with Crippen molar-refractivity contribution in [3.8, 4) is 17.2 Å². The highest BCUT2D eigenvalue weighted by Crippen LogP contribution is 2.32. The molecule has 2 N–H and O–H groups in total. The first-order valence-electron chi connectivity index (χ1n) is 6.71. The Bertz CT molecular complexity index is 675. The molecule has 0 heterocycles. The number of nitro benzene ring substituents is 1. The molecule has 0 amide bonds. The normalized spacial score (nSPS) is 9.29. The minimum atomic E-state index is -0.459. The number of hydrogen-bond acceptors (Lipinski definition) is 7. The number of ether oxygens (including phenoxy) is 3. The van der Waals surface area contributed by atoms with Crippen LogP contribution in [0.2, 0.25) is 0 Å². The van der Waals surface area contributed by atoms with Crippen LogP contribution in [-0.2, 0) is 0 Å². The van der Waals surface area contributed by atoms with Gasteiger partial charge in [0.15, 0.2) is 6.29 Å². The fourth-order valence-electron chi connectivity index (χ4n) is 1.74. The van der Waals surface area contributed by atoms with E-state index in [-0.39, 0.29) is 5.69 Å². The molecule has 0 aromatic heterocycles. The Morgan fingerprint density at radius 3 is 1.83 bits per heavy atom. The van der Waals surface area contributed by atoms with E-state index >= 15 is 0 Å². The van der Waals surface area contributed by atoms with E-state index in [0.29, 0.717) is 34.8 Å². The Morgan fingerprint density at radius 2 is 1.50 bits per heavy atom. The van der Waals surface area contributed by atoms with Gasteiger partial charge in [0.05, 0.1) is 31.8 Å². The molecule has 2 rings (SSSR count). The summed E-state index contributed by atoms with van der Waals surface area (Å²) < 4.78 is 15.1. The number of nitrogens with two attached hydrogens (primary N) is 1. The molecule has 0 fully saturated rings. The predicted octanol–water partition coefficient (Wildman–Crippen LogP) is 2.70. The lowest BCUT2D eigenvalue weighted by atomic mass is 10.2. The minimum absolute atomic E-state index is 0.0641. The Labute approximate surface area is 138 Å². The fraction of sp³-hybridized carbons (Fsp3) is 0.188. The summed E-state index contributed by atoms with van der Waals surface area (Å²) in [7, 11) is 4.51. The zero-order valence-corrected chi connectivity index (χ0v) is 13.5. The first-order chi connectivity index (χ1) is 11.5. The van der Waals surface area contributed by atoms with Crippen molar-refractivity contribution in [2.75, 3.05) is 27.1 Å². The van der Waals surface area contributed by atoms with Gasteiger partial charge in [-0.25, -0.2) is 0 Å². The Hall–Kier alpha value is -3.29. The van der Waals surface area contributed by atoms with Gasteiger partial charge in [-0.3, -0.25) is 14.9 Å². The quantitative estimate of drug-likeness (QED) is 0.387. The highest BCUT2D eigenvalue weighted by molar-refractivity contribution is 5.84. The van der Waals surface area contributed by atoms with Crippen molar-refractivity contribution in [1.29, 1.82) is 0 Å². The van der Waals surface area contributed by atoms with E-state index in [1.165, 1.54) is 45.6 Å². The highest BCUT2D eigenvalue weighted by atomic mass is 16.6. The number of rotatable bonds is 5. The zero-order valence-electron chi connectivity index (χ0n) is 13.5.